The number of nitro benzene ring substituents is 1. The van der Waals surface area contributed by atoms with Gasteiger partial charge in [-0.3, -0.25) is 14.9 Å². The molecule has 0 fully saturated rings. The summed E-state index contributed by atoms with van der Waals surface area (Å²) in [5.74, 6) is -0.989. The standard InChI is InChI=1S/C18H15N3O4S/c1-19-13-7-6-11(9-15(13)21(24)25)8-12(10-17(22)23)18-20-14-4-2-3-5-16(14)26-18/h2-9,19H,10H2,1H3,(H,22,23). The highest BCUT2D eigenvalue weighted by Gasteiger charge is 2.16. The summed E-state index contributed by atoms with van der Waals surface area (Å²) in [6, 6.07) is 12.3. The van der Waals surface area contributed by atoms with Crippen LogP contribution in [-0.2, 0) is 4.79 Å². The molecule has 2 N–H and O–H groups in total. The van der Waals surface area contributed by atoms with Gasteiger partial charge in [0.2, 0.25) is 0 Å². The number of rotatable bonds is 6. The molecule has 3 aromatic rings. The minimum atomic E-state index is -0.989. The number of benzene rings is 2. The topological polar surface area (TPSA) is 105 Å². The minimum absolute atomic E-state index is 0.0692. The number of carboxylic acids is 1. The second-order valence-electron chi connectivity index (χ2n) is 5.51. The van der Waals surface area contributed by atoms with Crippen LogP contribution in [0.15, 0.2) is 42.5 Å². The van der Waals surface area contributed by atoms with Gasteiger partial charge < -0.3 is 10.4 Å². The third-order valence-electron chi connectivity index (χ3n) is 3.74. The van der Waals surface area contributed by atoms with Gasteiger partial charge in [0.1, 0.15) is 10.7 Å². The summed E-state index contributed by atoms with van der Waals surface area (Å²) in [6.07, 6.45) is 1.42. The molecular weight excluding hydrogens is 354 g/mol. The molecule has 7 nitrogen and oxygen atoms in total. The summed E-state index contributed by atoms with van der Waals surface area (Å²) < 4.78 is 0.954. The summed E-state index contributed by atoms with van der Waals surface area (Å²) in [6.45, 7) is 0. The molecule has 8 heteroatoms. The highest BCUT2D eigenvalue weighted by Crippen LogP contribution is 2.32. The van der Waals surface area contributed by atoms with E-state index in [4.69, 9.17) is 0 Å². The van der Waals surface area contributed by atoms with Crippen molar-refractivity contribution >= 4 is 50.5 Å². The van der Waals surface area contributed by atoms with E-state index >= 15 is 0 Å². The molecule has 0 saturated carbocycles. The van der Waals surface area contributed by atoms with Crippen molar-refractivity contribution in [3.05, 3.63) is 63.1 Å². The van der Waals surface area contributed by atoms with Crippen LogP contribution in [0.4, 0.5) is 11.4 Å². The summed E-state index contributed by atoms with van der Waals surface area (Å²) in [7, 11) is 1.61. The zero-order chi connectivity index (χ0) is 18.7. The first-order chi connectivity index (χ1) is 12.5. The predicted molar refractivity (Wildman–Crippen MR) is 102 cm³/mol. The number of hydrogen-bond donors (Lipinski definition) is 2. The molecule has 26 heavy (non-hydrogen) atoms. The lowest BCUT2D eigenvalue weighted by atomic mass is 10.1. The van der Waals surface area contributed by atoms with Crippen LogP contribution < -0.4 is 5.32 Å². The summed E-state index contributed by atoms with van der Waals surface area (Å²) in [5.41, 5.74) is 2.17. The largest absolute Gasteiger partial charge is 0.481 e. The van der Waals surface area contributed by atoms with Crippen molar-refractivity contribution in [3.63, 3.8) is 0 Å². The number of anilines is 1. The number of carbonyl (C=O) groups is 1. The molecule has 0 bridgehead atoms. The van der Waals surface area contributed by atoms with Gasteiger partial charge in [0.25, 0.3) is 5.69 Å². The van der Waals surface area contributed by atoms with Crippen molar-refractivity contribution in [1.29, 1.82) is 0 Å². The van der Waals surface area contributed by atoms with E-state index in [0.717, 1.165) is 10.2 Å². The second kappa shape index (κ2) is 7.32. The van der Waals surface area contributed by atoms with Crippen LogP contribution in [0.5, 0.6) is 0 Å². The molecule has 0 aliphatic heterocycles. The van der Waals surface area contributed by atoms with E-state index in [1.54, 1.807) is 25.3 Å². The SMILES string of the molecule is CNc1ccc(C=C(CC(=O)O)c2nc3ccccc3s2)cc1[N+](=O)[O-]. The van der Waals surface area contributed by atoms with Crippen LogP contribution in [0, 0.1) is 10.1 Å². The lowest BCUT2D eigenvalue weighted by Gasteiger charge is -2.05. The number of para-hydroxylation sites is 1. The van der Waals surface area contributed by atoms with Gasteiger partial charge >= 0.3 is 5.97 Å². The molecular formula is C18H15N3O4S. The van der Waals surface area contributed by atoms with Crippen molar-refractivity contribution in [2.45, 2.75) is 6.42 Å². The smallest absolute Gasteiger partial charge is 0.307 e. The van der Waals surface area contributed by atoms with Gasteiger partial charge in [-0.2, -0.15) is 0 Å². The fourth-order valence-electron chi connectivity index (χ4n) is 2.56. The maximum atomic E-state index is 11.3. The number of thiazole rings is 1. The third kappa shape index (κ3) is 3.70. The molecule has 0 atom stereocenters. The van der Waals surface area contributed by atoms with Gasteiger partial charge in [0, 0.05) is 13.1 Å². The van der Waals surface area contributed by atoms with Gasteiger partial charge in [-0.1, -0.05) is 18.2 Å². The minimum Gasteiger partial charge on any atom is -0.481 e. The molecule has 0 spiro atoms. The Morgan fingerprint density at radius 3 is 2.77 bits per heavy atom. The molecule has 0 radical (unpaired) electrons. The van der Waals surface area contributed by atoms with Crippen molar-refractivity contribution < 1.29 is 14.8 Å². The zero-order valence-electron chi connectivity index (χ0n) is 13.8. The zero-order valence-corrected chi connectivity index (χ0v) is 14.6. The van der Waals surface area contributed by atoms with Crippen molar-refractivity contribution in [2.24, 2.45) is 0 Å². The Morgan fingerprint density at radius 2 is 2.12 bits per heavy atom. The van der Waals surface area contributed by atoms with E-state index in [1.807, 2.05) is 24.3 Å². The maximum Gasteiger partial charge on any atom is 0.307 e. The van der Waals surface area contributed by atoms with Crippen LogP contribution >= 0.6 is 11.3 Å². The Morgan fingerprint density at radius 1 is 1.35 bits per heavy atom. The molecule has 3 rings (SSSR count). The average molecular weight is 369 g/mol. The number of hydrogen-bond acceptors (Lipinski definition) is 6. The lowest BCUT2D eigenvalue weighted by molar-refractivity contribution is -0.383. The molecule has 0 unspecified atom stereocenters. The first-order valence-corrected chi connectivity index (χ1v) is 8.54. The number of fused-ring (bicyclic) bond motifs is 1. The van der Waals surface area contributed by atoms with Crippen LogP contribution in [-0.4, -0.2) is 28.0 Å². The maximum absolute atomic E-state index is 11.3. The number of aliphatic carboxylic acids is 1. The van der Waals surface area contributed by atoms with Crippen molar-refractivity contribution in [1.82, 2.24) is 4.98 Å². The average Bonchev–Trinajstić information content (AvgIpc) is 3.04. The highest BCUT2D eigenvalue weighted by molar-refractivity contribution is 7.19. The van der Waals surface area contributed by atoms with Crippen LogP contribution in [0.1, 0.15) is 17.0 Å². The van der Waals surface area contributed by atoms with E-state index in [-0.39, 0.29) is 12.1 Å². The number of nitro groups is 1. The van der Waals surface area contributed by atoms with Crippen molar-refractivity contribution in [2.75, 3.05) is 12.4 Å². The van der Waals surface area contributed by atoms with E-state index in [9.17, 15) is 20.0 Å². The molecule has 1 aromatic heterocycles. The summed E-state index contributed by atoms with van der Waals surface area (Å²) in [5, 5.41) is 23.8. The Kier molecular flexibility index (Phi) is 4.94. The molecule has 1 heterocycles. The number of aromatic nitrogens is 1. The predicted octanol–water partition coefficient (Wildman–Crippen LogP) is 4.26. The summed E-state index contributed by atoms with van der Waals surface area (Å²) in [4.78, 5) is 26.5. The van der Waals surface area contributed by atoms with Crippen LogP contribution in [0.2, 0.25) is 0 Å². The third-order valence-corrected chi connectivity index (χ3v) is 4.85. The Bertz CT molecular complexity index is 993. The van der Waals surface area contributed by atoms with Gasteiger partial charge in [0.15, 0.2) is 0 Å². The van der Waals surface area contributed by atoms with Crippen LogP contribution in [0.3, 0.4) is 0 Å². The Balaban J connectivity index is 2.09. The van der Waals surface area contributed by atoms with Gasteiger partial charge in [0.05, 0.1) is 21.6 Å². The van der Waals surface area contributed by atoms with E-state index in [1.165, 1.54) is 17.4 Å². The molecule has 2 aromatic carbocycles. The Hall–Kier alpha value is -3.26. The highest BCUT2D eigenvalue weighted by atomic mass is 32.1. The van der Waals surface area contributed by atoms with E-state index < -0.39 is 10.9 Å². The van der Waals surface area contributed by atoms with E-state index in [0.29, 0.717) is 21.8 Å². The fraction of sp³-hybridized carbons (Fsp3) is 0.111. The Labute approximate surface area is 152 Å². The summed E-state index contributed by atoms with van der Waals surface area (Å²) >= 11 is 1.40. The van der Waals surface area contributed by atoms with Crippen molar-refractivity contribution in [3.8, 4) is 0 Å². The molecule has 0 amide bonds. The van der Waals surface area contributed by atoms with Gasteiger partial charge in [-0.25, -0.2) is 4.98 Å². The molecule has 0 aliphatic carbocycles. The lowest BCUT2D eigenvalue weighted by Crippen LogP contribution is -1.98. The van der Waals surface area contributed by atoms with Gasteiger partial charge in [-0.05, 0) is 35.4 Å². The number of carboxylic acid groups (broad SMARTS) is 1. The van der Waals surface area contributed by atoms with Gasteiger partial charge in [-0.15, -0.1) is 11.3 Å². The molecule has 132 valence electrons. The number of nitrogens with zero attached hydrogens (tertiary/aromatic N) is 2. The van der Waals surface area contributed by atoms with E-state index in [2.05, 4.69) is 10.3 Å². The fourth-order valence-corrected chi connectivity index (χ4v) is 3.54. The molecule has 0 aliphatic rings. The first-order valence-electron chi connectivity index (χ1n) is 7.72. The second-order valence-corrected chi connectivity index (χ2v) is 6.54. The quantitative estimate of drug-likeness (QED) is 0.497. The molecule has 0 saturated heterocycles. The number of nitrogens with one attached hydrogen (secondary N) is 1. The van der Waals surface area contributed by atoms with Crippen LogP contribution in [0.25, 0.3) is 21.9 Å². The first kappa shape index (κ1) is 17.6. The monoisotopic (exact) mass is 369 g/mol. The normalized spacial score (nSPS) is 11.5.